The van der Waals surface area contributed by atoms with Crippen molar-refractivity contribution in [3.63, 3.8) is 0 Å². The number of nitriles is 1. The number of rotatable bonds is 8. The lowest BCUT2D eigenvalue weighted by Gasteiger charge is -2.42. The van der Waals surface area contributed by atoms with E-state index in [0.29, 0.717) is 38.0 Å². The van der Waals surface area contributed by atoms with Crippen LogP contribution in [0.15, 0.2) is 42.5 Å². The molecular weight excluding hydrogens is 440 g/mol. The summed E-state index contributed by atoms with van der Waals surface area (Å²) in [6.07, 6.45) is 5.36. The van der Waals surface area contributed by atoms with Crippen LogP contribution in [0.3, 0.4) is 0 Å². The summed E-state index contributed by atoms with van der Waals surface area (Å²) in [7, 11) is 1.64. The first-order valence-electron chi connectivity index (χ1n) is 12.5. The van der Waals surface area contributed by atoms with Gasteiger partial charge in [-0.15, -0.1) is 0 Å². The van der Waals surface area contributed by atoms with E-state index in [9.17, 15) is 14.9 Å². The number of anilines is 1. The summed E-state index contributed by atoms with van der Waals surface area (Å²) in [6, 6.07) is 16.2. The molecule has 6 rings (SSSR count). The number of amides is 2. The lowest BCUT2D eigenvalue weighted by molar-refractivity contribution is -0.127. The molecule has 3 heterocycles. The van der Waals surface area contributed by atoms with E-state index in [1.54, 1.807) is 12.0 Å². The Bertz CT molecular complexity index is 1130. The van der Waals surface area contributed by atoms with Gasteiger partial charge in [-0.1, -0.05) is 30.3 Å². The van der Waals surface area contributed by atoms with Crippen molar-refractivity contribution in [2.45, 2.75) is 56.7 Å². The first-order valence-corrected chi connectivity index (χ1v) is 12.5. The first-order chi connectivity index (χ1) is 17.1. The SMILES string of the molecule is COCCN1C(=O)Cc2cc(-c3ccc(C[C@@H](C#N)NC(=O)[C@H]4NC5CCC4CC5)cc3)ccc21. The Morgan fingerprint density at radius 3 is 2.57 bits per heavy atom. The molecule has 0 radical (unpaired) electrons. The third-order valence-corrected chi connectivity index (χ3v) is 7.67. The number of methoxy groups -OCH3 is 1. The molecule has 0 unspecified atom stereocenters. The molecule has 0 spiro atoms. The van der Waals surface area contributed by atoms with E-state index in [-0.39, 0.29) is 17.9 Å². The zero-order chi connectivity index (χ0) is 24.4. The average Bonchev–Trinajstić information content (AvgIpc) is 3.21. The van der Waals surface area contributed by atoms with Gasteiger partial charge in [-0.25, -0.2) is 0 Å². The highest BCUT2D eigenvalue weighted by atomic mass is 16.5. The molecule has 2 N–H and O–H groups in total. The van der Waals surface area contributed by atoms with Crippen molar-refractivity contribution in [3.8, 4) is 17.2 Å². The monoisotopic (exact) mass is 472 g/mol. The van der Waals surface area contributed by atoms with Crippen LogP contribution >= 0.6 is 0 Å². The fourth-order valence-corrected chi connectivity index (χ4v) is 5.75. The minimum absolute atomic E-state index is 0.0465. The normalized spacial score (nSPS) is 23.6. The highest BCUT2D eigenvalue weighted by Gasteiger charge is 2.39. The number of carbonyl (C=O) groups is 2. The molecule has 2 bridgehead atoms. The fourth-order valence-electron chi connectivity index (χ4n) is 5.75. The van der Waals surface area contributed by atoms with Gasteiger partial charge in [0, 0.05) is 31.8 Å². The molecule has 2 aromatic carbocycles. The van der Waals surface area contributed by atoms with E-state index in [1.165, 1.54) is 0 Å². The van der Waals surface area contributed by atoms with Gasteiger partial charge in [0.25, 0.3) is 0 Å². The summed E-state index contributed by atoms with van der Waals surface area (Å²) < 4.78 is 5.13. The molecular formula is C28H32N4O3. The smallest absolute Gasteiger partial charge is 0.238 e. The van der Waals surface area contributed by atoms with Gasteiger partial charge < -0.3 is 20.3 Å². The quantitative estimate of drug-likeness (QED) is 0.616. The van der Waals surface area contributed by atoms with Crippen molar-refractivity contribution < 1.29 is 14.3 Å². The molecule has 1 aliphatic carbocycles. The third kappa shape index (κ3) is 4.95. The van der Waals surface area contributed by atoms with E-state index in [2.05, 4.69) is 22.8 Å². The van der Waals surface area contributed by atoms with Crippen LogP contribution in [0, 0.1) is 17.2 Å². The van der Waals surface area contributed by atoms with Crippen LogP contribution < -0.4 is 15.5 Å². The number of fused-ring (bicyclic) bond motifs is 4. The minimum atomic E-state index is -0.556. The van der Waals surface area contributed by atoms with Gasteiger partial charge in [-0.3, -0.25) is 9.59 Å². The molecule has 2 aromatic rings. The van der Waals surface area contributed by atoms with Crippen LogP contribution in [-0.2, 0) is 27.2 Å². The molecule has 2 atom stereocenters. The molecule has 3 aliphatic heterocycles. The van der Waals surface area contributed by atoms with Crippen molar-refractivity contribution in [1.29, 1.82) is 5.26 Å². The molecule has 4 aliphatic rings. The zero-order valence-corrected chi connectivity index (χ0v) is 20.1. The third-order valence-electron chi connectivity index (χ3n) is 7.67. The standard InChI is InChI=1S/C28H32N4O3/c1-35-13-12-32-25-11-8-21(15-22(25)16-26(32)33)19-4-2-18(3-5-19)14-24(17-29)31-28(34)27-20-6-9-23(30-27)10-7-20/h2-5,8,11,15,20,23-24,27,30H,6-7,9-10,12-14,16H2,1H3,(H,31,34)/t20?,23?,24-,27-/m0/s1. The predicted octanol–water partition coefficient (Wildman–Crippen LogP) is 2.97. The van der Waals surface area contributed by atoms with E-state index in [1.807, 2.05) is 36.4 Å². The molecule has 1 saturated carbocycles. The lowest BCUT2D eigenvalue weighted by Crippen LogP contribution is -2.59. The topological polar surface area (TPSA) is 94.5 Å². The van der Waals surface area contributed by atoms with Crippen molar-refractivity contribution in [1.82, 2.24) is 10.6 Å². The van der Waals surface area contributed by atoms with Gasteiger partial charge in [-0.05, 0) is 66.0 Å². The molecule has 2 amide bonds. The van der Waals surface area contributed by atoms with Crippen LogP contribution in [0.1, 0.15) is 36.8 Å². The van der Waals surface area contributed by atoms with Crippen LogP contribution in [0.4, 0.5) is 5.69 Å². The lowest BCUT2D eigenvalue weighted by atomic mass is 9.76. The molecule has 3 fully saturated rings. The van der Waals surface area contributed by atoms with Gasteiger partial charge in [-0.2, -0.15) is 5.26 Å². The Labute approximate surface area is 206 Å². The van der Waals surface area contributed by atoms with Crippen molar-refractivity contribution in [3.05, 3.63) is 53.6 Å². The van der Waals surface area contributed by atoms with Crippen LogP contribution in [0.2, 0.25) is 0 Å². The van der Waals surface area contributed by atoms with Crippen molar-refractivity contribution >= 4 is 17.5 Å². The van der Waals surface area contributed by atoms with Gasteiger partial charge in [0.15, 0.2) is 0 Å². The van der Waals surface area contributed by atoms with E-state index in [4.69, 9.17) is 4.74 Å². The second-order valence-corrected chi connectivity index (χ2v) is 9.91. The predicted molar refractivity (Wildman–Crippen MR) is 134 cm³/mol. The second kappa shape index (κ2) is 10.2. The molecule has 2 saturated heterocycles. The maximum Gasteiger partial charge on any atom is 0.238 e. The van der Waals surface area contributed by atoms with E-state index < -0.39 is 6.04 Å². The number of hydrogen-bond acceptors (Lipinski definition) is 5. The highest BCUT2D eigenvalue weighted by molar-refractivity contribution is 6.02. The van der Waals surface area contributed by atoms with Gasteiger partial charge in [0.05, 0.1) is 25.1 Å². The molecule has 7 nitrogen and oxygen atoms in total. The fraction of sp³-hybridized carbons (Fsp3) is 0.464. The summed E-state index contributed by atoms with van der Waals surface area (Å²) in [5.74, 6) is 0.438. The first kappa shape index (κ1) is 23.5. The molecule has 182 valence electrons. The number of ether oxygens (including phenoxy) is 1. The van der Waals surface area contributed by atoms with Crippen LogP contribution in [-0.4, -0.2) is 50.2 Å². The maximum absolute atomic E-state index is 12.8. The Morgan fingerprint density at radius 2 is 1.91 bits per heavy atom. The highest BCUT2D eigenvalue weighted by Crippen LogP contribution is 2.34. The van der Waals surface area contributed by atoms with E-state index >= 15 is 0 Å². The molecule has 7 heteroatoms. The Kier molecular flexibility index (Phi) is 6.85. The second-order valence-electron chi connectivity index (χ2n) is 9.91. The van der Waals surface area contributed by atoms with Gasteiger partial charge in [0.1, 0.15) is 6.04 Å². The summed E-state index contributed by atoms with van der Waals surface area (Å²) >= 11 is 0. The van der Waals surface area contributed by atoms with Crippen LogP contribution in [0.5, 0.6) is 0 Å². The Morgan fingerprint density at radius 1 is 1.17 bits per heavy atom. The largest absolute Gasteiger partial charge is 0.383 e. The van der Waals surface area contributed by atoms with Crippen molar-refractivity contribution in [2.24, 2.45) is 5.92 Å². The van der Waals surface area contributed by atoms with Gasteiger partial charge in [0.2, 0.25) is 11.8 Å². The van der Waals surface area contributed by atoms with Gasteiger partial charge >= 0.3 is 0 Å². The summed E-state index contributed by atoms with van der Waals surface area (Å²) in [5, 5.41) is 16.1. The summed E-state index contributed by atoms with van der Waals surface area (Å²) in [4.78, 5) is 27.0. The van der Waals surface area contributed by atoms with E-state index in [0.717, 1.165) is 53.6 Å². The Balaban J connectivity index is 1.22. The summed E-state index contributed by atoms with van der Waals surface area (Å²) in [5.41, 5.74) is 5.10. The number of piperidine rings is 2. The molecule has 0 aromatic heterocycles. The number of benzene rings is 2. The molecule has 35 heavy (non-hydrogen) atoms. The number of nitrogens with one attached hydrogen (secondary N) is 2. The van der Waals surface area contributed by atoms with Crippen molar-refractivity contribution in [2.75, 3.05) is 25.2 Å². The average molecular weight is 473 g/mol. The van der Waals surface area contributed by atoms with Crippen LogP contribution in [0.25, 0.3) is 11.1 Å². The number of carbonyl (C=O) groups excluding carboxylic acids is 2. The summed E-state index contributed by atoms with van der Waals surface area (Å²) in [6.45, 7) is 1.07. The minimum Gasteiger partial charge on any atom is -0.383 e. The number of hydrogen-bond donors (Lipinski definition) is 2. The zero-order valence-electron chi connectivity index (χ0n) is 20.1. The number of nitrogens with zero attached hydrogens (tertiary/aromatic N) is 2. The maximum atomic E-state index is 12.8. The Hall–Kier alpha value is -3.21.